The lowest BCUT2D eigenvalue weighted by molar-refractivity contribution is -0.387. The molecule has 0 aromatic heterocycles. The van der Waals surface area contributed by atoms with Crippen LogP contribution in [0.3, 0.4) is 0 Å². The highest BCUT2D eigenvalue weighted by molar-refractivity contribution is 5.76. The molecule has 0 bridgehead atoms. The number of hydrogen-bond acceptors (Lipinski definition) is 3. The van der Waals surface area contributed by atoms with Crippen molar-refractivity contribution < 1.29 is 14.1 Å². The van der Waals surface area contributed by atoms with Gasteiger partial charge in [-0.2, -0.15) is 4.39 Å². The molecule has 0 radical (unpaired) electrons. The van der Waals surface area contributed by atoms with Gasteiger partial charge in [0.05, 0.1) is 4.92 Å². The van der Waals surface area contributed by atoms with Crippen molar-refractivity contribution >= 4 is 11.6 Å². The van der Waals surface area contributed by atoms with Gasteiger partial charge in [0.15, 0.2) is 0 Å². The number of nitro benzene ring substituents is 1. The third kappa shape index (κ3) is 3.07. The molecule has 19 heavy (non-hydrogen) atoms. The normalized spacial score (nSPS) is 16.3. The molecule has 1 aliphatic heterocycles. The highest BCUT2D eigenvalue weighted by atomic mass is 19.1. The van der Waals surface area contributed by atoms with Crippen molar-refractivity contribution in [3.05, 3.63) is 39.7 Å². The average molecular weight is 266 g/mol. The van der Waals surface area contributed by atoms with Gasteiger partial charge < -0.3 is 4.90 Å². The van der Waals surface area contributed by atoms with Crippen LogP contribution in [0.25, 0.3) is 0 Å². The summed E-state index contributed by atoms with van der Waals surface area (Å²) in [6.45, 7) is 0.688. The zero-order chi connectivity index (χ0) is 13.8. The number of likely N-dealkylation sites (tertiary alicyclic amines) is 1. The van der Waals surface area contributed by atoms with Crippen LogP contribution < -0.4 is 0 Å². The molecule has 0 aliphatic carbocycles. The molecule has 1 aromatic rings. The summed E-state index contributed by atoms with van der Waals surface area (Å²) in [5.41, 5.74) is -0.343. The first-order chi connectivity index (χ1) is 9.09. The fraction of sp³-hybridized carbons (Fsp3) is 0.462. The van der Waals surface area contributed by atoms with Crippen molar-refractivity contribution in [2.75, 3.05) is 6.54 Å². The fourth-order valence-electron chi connectivity index (χ4n) is 2.24. The Morgan fingerprint density at radius 1 is 1.32 bits per heavy atom. The standard InChI is InChI=1S/C13H15FN2O3/c14-13-10(5-4-6-11(13)16(18)19)9-15-8-3-1-2-7-12(15)17/h4-6H,1-3,7-9H2. The summed E-state index contributed by atoms with van der Waals surface area (Å²) in [6.07, 6.45) is 3.20. The van der Waals surface area contributed by atoms with Crippen LogP contribution in [0, 0.1) is 15.9 Å². The van der Waals surface area contributed by atoms with E-state index in [0.717, 1.165) is 25.3 Å². The van der Waals surface area contributed by atoms with Crippen molar-refractivity contribution in [1.29, 1.82) is 0 Å². The zero-order valence-electron chi connectivity index (χ0n) is 10.5. The molecule has 5 nitrogen and oxygen atoms in total. The predicted octanol–water partition coefficient (Wildman–Crippen LogP) is 2.64. The van der Waals surface area contributed by atoms with E-state index in [1.54, 1.807) is 4.90 Å². The third-order valence-electron chi connectivity index (χ3n) is 3.29. The summed E-state index contributed by atoms with van der Waals surface area (Å²) in [4.78, 5) is 23.3. The topological polar surface area (TPSA) is 63.5 Å². The SMILES string of the molecule is O=C1CCCCCN1Cc1cccc([N+](=O)[O-])c1F. The second kappa shape index (κ2) is 5.77. The molecule has 2 rings (SSSR count). The number of carbonyl (C=O) groups excluding carboxylic acids is 1. The number of hydrogen-bond donors (Lipinski definition) is 0. The van der Waals surface area contributed by atoms with Crippen LogP contribution in [-0.2, 0) is 11.3 Å². The first kappa shape index (κ1) is 13.5. The molecule has 6 heteroatoms. The van der Waals surface area contributed by atoms with E-state index in [2.05, 4.69) is 0 Å². The molecule has 1 fully saturated rings. The molecule has 0 atom stereocenters. The molecule has 1 aromatic carbocycles. The van der Waals surface area contributed by atoms with Gasteiger partial charge >= 0.3 is 5.69 Å². The molecule has 1 amide bonds. The Morgan fingerprint density at radius 2 is 2.11 bits per heavy atom. The van der Waals surface area contributed by atoms with E-state index in [9.17, 15) is 19.3 Å². The van der Waals surface area contributed by atoms with Crippen molar-refractivity contribution in [2.24, 2.45) is 0 Å². The van der Waals surface area contributed by atoms with Crippen LogP contribution in [0.1, 0.15) is 31.2 Å². The maximum atomic E-state index is 13.9. The number of benzene rings is 1. The van der Waals surface area contributed by atoms with Gasteiger partial charge in [-0.15, -0.1) is 0 Å². The van der Waals surface area contributed by atoms with Crippen LogP contribution in [0.15, 0.2) is 18.2 Å². The molecule has 1 saturated heterocycles. The number of carbonyl (C=O) groups is 1. The van der Waals surface area contributed by atoms with Crippen molar-refractivity contribution in [3.63, 3.8) is 0 Å². The van der Waals surface area contributed by atoms with Gasteiger partial charge in [0, 0.05) is 31.1 Å². The lowest BCUT2D eigenvalue weighted by Crippen LogP contribution is -2.30. The van der Waals surface area contributed by atoms with Crippen LogP contribution in [0.5, 0.6) is 0 Å². The minimum absolute atomic E-state index is 0.0107. The first-order valence-electron chi connectivity index (χ1n) is 6.29. The molecular formula is C13H15FN2O3. The number of amides is 1. The molecular weight excluding hydrogens is 251 g/mol. The van der Waals surface area contributed by atoms with Crippen molar-refractivity contribution in [1.82, 2.24) is 4.90 Å². The Bertz CT molecular complexity index is 505. The lowest BCUT2D eigenvalue weighted by Gasteiger charge is -2.20. The summed E-state index contributed by atoms with van der Waals surface area (Å²) >= 11 is 0. The third-order valence-corrected chi connectivity index (χ3v) is 3.29. The molecule has 0 saturated carbocycles. The summed E-state index contributed by atoms with van der Waals surface area (Å²) < 4.78 is 13.9. The fourth-order valence-corrected chi connectivity index (χ4v) is 2.24. The largest absolute Gasteiger partial charge is 0.338 e. The van der Waals surface area contributed by atoms with Crippen LogP contribution in [0.4, 0.5) is 10.1 Å². The molecule has 0 N–H and O–H groups in total. The maximum absolute atomic E-state index is 13.9. The summed E-state index contributed by atoms with van der Waals surface area (Å²) in [7, 11) is 0. The second-order valence-corrected chi connectivity index (χ2v) is 4.63. The highest BCUT2D eigenvalue weighted by Crippen LogP contribution is 2.22. The van der Waals surface area contributed by atoms with E-state index in [0.29, 0.717) is 13.0 Å². The van der Waals surface area contributed by atoms with Gasteiger partial charge in [0.25, 0.3) is 0 Å². The molecule has 1 aliphatic rings. The van der Waals surface area contributed by atoms with Gasteiger partial charge in [-0.1, -0.05) is 18.6 Å². The van der Waals surface area contributed by atoms with E-state index in [1.165, 1.54) is 12.1 Å². The van der Waals surface area contributed by atoms with Gasteiger partial charge in [0.1, 0.15) is 0 Å². The van der Waals surface area contributed by atoms with E-state index in [-0.39, 0.29) is 18.0 Å². The van der Waals surface area contributed by atoms with Crippen molar-refractivity contribution in [3.8, 4) is 0 Å². The Morgan fingerprint density at radius 3 is 2.84 bits per heavy atom. The second-order valence-electron chi connectivity index (χ2n) is 4.63. The Kier molecular flexibility index (Phi) is 4.09. The van der Waals surface area contributed by atoms with Crippen LogP contribution >= 0.6 is 0 Å². The van der Waals surface area contributed by atoms with Crippen LogP contribution in [0.2, 0.25) is 0 Å². The van der Waals surface area contributed by atoms with Gasteiger partial charge in [-0.25, -0.2) is 0 Å². The summed E-state index contributed by atoms with van der Waals surface area (Å²) in [5, 5.41) is 10.7. The van der Waals surface area contributed by atoms with Gasteiger partial charge in [0.2, 0.25) is 11.7 Å². The molecule has 0 unspecified atom stereocenters. The van der Waals surface area contributed by atoms with E-state index in [1.807, 2.05) is 0 Å². The first-order valence-corrected chi connectivity index (χ1v) is 6.29. The summed E-state index contributed by atoms with van der Waals surface area (Å²) in [6, 6.07) is 4.06. The predicted molar refractivity (Wildman–Crippen MR) is 66.9 cm³/mol. The zero-order valence-corrected chi connectivity index (χ0v) is 10.5. The number of rotatable bonds is 3. The van der Waals surface area contributed by atoms with Crippen LogP contribution in [-0.4, -0.2) is 22.3 Å². The molecule has 1 heterocycles. The minimum atomic E-state index is -0.843. The number of nitrogens with zero attached hydrogens (tertiary/aromatic N) is 2. The Hall–Kier alpha value is -1.98. The Labute approximate surface area is 110 Å². The highest BCUT2D eigenvalue weighted by Gasteiger charge is 2.22. The maximum Gasteiger partial charge on any atom is 0.305 e. The summed E-state index contributed by atoms with van der Waals surface area (Å²) in [5.74, 6) is -0.854. The molecule has 0 spiro atoms. The van der Waals surface area contributed by atoms with Gasteiger partial charge in [-0.3, -0.25) is 14.9 Å². The van der Waals surface area contributed by atoms with E-state index < -0.39 is 16.4 Å². The van der Waals surface area contributed by atoms with E-state index in [4.69, 9.17) is 0 Å². The monoisotopic (exact) mass is 266 g/mol. The Balaban J connectivity index is 2.20. The quantitative estimate of drug-likeness (QED) is 0.624. The smallest absolute Gasteiger partial charge is 0.305 e. The van der Waals surface area contributed by atoms with Crippen molar-refractivity contribution in [2.45, 2.75) is 32.2 Å². The minimum Gasteiger partial charge on any atom is -0.338 e. The van der Waals surface area contributed by atoms with Gasteiger partial charge in [-0.05, 0) is 12.8 Å². The lowest BCUT2D eigenvalue weighted by atomic mass is 10.1. The average Bonchev–Trinajstić information content (AvgIpc) is 2.57. The van der Waals surface area contributed by atoms with E-state index >= 15 is 0 Å². The number of halogens is 1. The number of nitro groups is 1. The molecule has 102 valence electrons.